The largest absolute Gasteiger partial charge is 0.460 e. The van der Waals surface area contributed by atoms with E-state index in [-0.39, 0.29) is 60.2 Å². The number of nitrogens with two attached hydrogens (primary N) is 1. The molecule has 2 saturated heterocycles. The molecule has 3 heterocycles. The third-order valence-electron chi connectivity index (χ3n) is 11.9. The highest BCUT2D eigenvalue weighted by atomic mass is 19.1. The highest BCUT2D eigenvalue weighted by Crippen LogP contribution is 2.42. The van der Waals surface area contributed by atoms with Crippen molar-refractivity contribution in [2.75, 3.05) is 51.9 Å². The van der Waals surface area contributed by atoms with E-state index in [4.69, 9.17) is 24.4 Å². The van der Waals surface area contributed by atoms with Gasteiger partial charge < -0.3 is 34.6 Å². The summed E-state index contributed by atoms with van der Waals surface area (Å²) in [5.74, 6) is -0.285. The quantitative estimate of drug-likeness (QED) is 0.214. The van der Waals surface area contributed by atoms with E-state index in [1.807, 2.05) is 4.90 Å². The Kier molecular flexibility index (Phi) is 12.7. The maximum Gasteiger partial charge on any atom is 0.374 e. The molecule has 1 unspecified atom stereocenters. The number of hydrogen-bond donors (Lipinski definition) is 2. The van der Waals surface area contributed by atoms with Crippen LogP contribution < -0.4 is 11.1 Å². The molecular weight excluding hydrogens is 655 g/mol. The number of halogens is 1. The maximum absolute atomic E-state index is 14.2. The predicted octanol–water partition coefficient (Wildman–Crippen LogP) is 5.55. The van der Waals surface area contributed by atoms with E-state index in [0.717, 1.165) is 64.6 Å². The number of fused-ring (bicyclic) bond motifs is 1. The second-order valence-corrected chi connectivity index (χ2v) is 15.5. The molecule has 0 bridgehead atoms. The van der Waals surface area contributed by atoms with Gasteiger partial charge in [0.1, 0.15) is 18.3 Å². The third-order valence-corrected chi connectivity index (χ3v) is 11.9. The van der Waals surface area contributed by atoms with Gasteiger partial charge in [0.25, 0.3) is 0 Å². The first-order chi connectivity index (χ1) is 24.6. The van der Waals surface area contributed by atoms with Gasteiger partial charge in [-0.25, -0.2) is 9.18 Å². The van der Waals surface area contributed by atoms with E-state index in [9.17, 15) is 18.8 Å². The summed E-state index contributed by atoms with van der Waals surface area (Å²) >= 11 is 0. The summed E-state index contributed by atoms with van der Waals surface area (Å²) < 4.78 is 36.0. The third kappa shape index (κ3) is 9.12. The molecule has 1 aromatic carbocycles. The van der Waals surface area contributed by atoms with Crippen LogP contribution in [0.3, 0.4) is 0 Å². The fourth-order valence-corrected chi connectivity index (χ4v) is 9.23. The molecule has 5 atom stereocenters. The number of carbonyl (C=O) groups is 3. The number of nitrogens with zero attached hydrogens (tertiary/aromatic N) is 2. The lowest BCUT2D eigenvalue weighted by molar-refractivity contribution is -0.142. The van der Waals surface area contributed by atoms with E-state index in [0.29, 0.717) is 48.4 Å². The SMILES string of the molecule is COC1CCC(C2CCN(C(=O)C3CCC([C@H](N)CF)CC3)[C@@H]2C(=O)Nc2ccc3oc(C(=O)OCCCN4C[C@@H](C)O[C@@H](C)C4)cc3c2)CC1. The van der Waals surface area contributed by atoms with Crippen LogP contribution in [0.2, 0.25) is 0 Å². The van der Waals surface area contributed by atoms with Gasteiger partial charge in [-0.3, -0.25) is 14.5 Å². The molecule has 1 aromatic heterocycles. The fraction of sp³-hybridized carbons (Fsp3) is 0.718. The van der Waals surface area contributed by atoms with Gasteiger partial charge in [0.2, 0.25) is 17.6 Å². The standard InChI is InChI=1S/C39H57FN4O7/c1-24-22-43(23-25(2)50-24)16-4-18-49-39(47)35-20-29-19-30(11-14-34(29)51-35)42-37(45)36-32(26-9-12-31(48-3)13-10-26)15-17-44(36)38(46)28-7-5-27(6-8-28)33(41)21-40/h11,14,19-20,24-28,31-33,36H,4-10,12-13,15-18,21-23,41H2,1-3H3,(H,42,45)/t24-,25+,26?,27?,28?,31?,32?,33-,36+/m1/s1. The van der Waals surface area contributed by atoms with E-state index < -0.39 is 24.7 Å². The molecule has 0 radical (unpaired) electrons. The molecule has 3 N–H and O–H groups in total. The average molecular weight is 713 g/mol. The van der Waals surface area contributed by atoms with Crippen LogP contribution in [0.4, 0.5) is 10.1 Å². The van der Waals surface area contributed by atoms with Crippen LogP contribution in [-0.4, -0.2) is 105 Å². The van der Waals surface area contributed by atoms with E-state index in [2.05, 4.69) is 24.1 Å². The summed E-state index contributed by atoms with van der Waals surface area (Å²) in [6, 6.07) is 5.88. The molecule has 0 spiro atoms. The highest BCUT2D eigenvalue weighted by Gasteiger charge is 2.47. The Morgan fingerprint density at radius 2 is 1.73 bits per heavy atom. The minimum atomic E-state index is -0.582. The minimum absolute atomic E-state index is 0.0259. The van der Waals surface area contributed by atoms with Gasteiger partial charge in [0.15, 0.2) is 0 Å². The van der Waals surface area contributed by atoms with Crippen LogP contribution in [0.25, 0.3) is 11.0 Å². The molecule has 2 aliphatic heterocycles. The molecule has 2 saturated carbocycles. The number of rotatable bonds is 12. The van der Waals surface area contributed by atoms with Crippen molar-refractivity contribution in [1.82, 2.24) is 9.80 Å². The number of furan rings is 1. The summed E-state index contributed by atoms with van der Waals surface area (Å²) in [6.45, 7) is 6.98. The van der Waals surface area contributed by atoms with Crippen molar-refractivity contribution in [2.45, 2.75) is 108 Å². The van der Waals surface area contributed by atoms with Gasteiger partial charge in [-0.05, 0) is 120 Å². The van der Waals surface area contributed by atoms with Crippen molar-refractivity contribution in [1.29, 1.82) is 0 Å². The Morgan fingerprint density at radius 3 is 2.41 bits per heavy atom. The Hall–Kier alpha value is -3.06. The number of alkyl halides is 1. The van der Waals surface area contributed by atoms with Crippen LogP contribution in [0.5, 0.6) is 0 Å². The molecule has 4 aliphatic rings. The number of likely N-dealkylation sites (tertiary alicyclic amines) is 1. The first kappa shape index (κ1) is 37.7. The number of anilines is 1. The average Bonchev–Trinajstić information content (AvgIpc) is 3.77. The van der Waals surface area contributed by atoms with Gasteiger partial charge in [-0.15, -0.1) is 0 Å². The Morgan fingerprint density at radius 1 is 1.00 bits per heavy atom. The first-order valence-corrected chi connectivity index (χ1v) is 19.2. The fourth-order valence-electron chi connectivity index (χ4n) is 9.23. The molecule has 51 heavy (non-hydrogen) atoms. The number of amides is 2. The zero-order valence-corrected chi connectivity index (χ0v) is 30.5. The highest BCUT2D eigenvalue weighted by molar-refractivity contribution is 6.00. The van der Waals surface area contributed by atoms with Crippen LogP contribution >= 0.6 is 0 Å². The molecule has 2 aliphatic carbocycles. The van der Waals surface area contributed by atoms with Crippen molar-refractivity contribution in [2.24, 2.45) is 29.4 Å². The van der Waals surface area contributed by atoms with Crippen molar-refractivity contribution in [3.05, 3.63) is 30.0 Å². The van der Waals surface area contributed by atoms with Gasteiger partial charge in [-0.1, -0.05) is 0 Å². The lowest BCUT2D eigenvalue weighted by Crippen LogP contribution is -2.50. The minimum Gasteiger partial charge on any atom is -0.460 e. The molecule has 4 fully saturated rings. The Bertz CT molecular complexity index is 1480. The summed E-state index contributed by atoms with van der Waals surface area (Å²) in [6.07, 6.45) is 8.73. The molecule has 12 heteroatoms. The number of nitrogens with one attached hydrogen (secondary N) is 1. The first-order valence-electron chi connectivity index (χ1n) is 19.2. The number of morpholine rings is 1. The maximum atomic E-state index is 14.2. The van der Waals surface area contributed by atoms with Gasteiger partial charge in [-0.2, -0.15) is 0 Å². The second-order valence-electron chi connectivity index (χ2n) is 15.5. The van der Waals surface area contributed by atoms with Gasteiger partial charge in [0, 0.05) is 56.3 Å². The summed E-state index contributed by atoms with van der Waals surface area (Å²) in [5.41, 5.74) is 7.08. The summed E-state index contributed by atoms with van der Waals surface area (Å²) in [5, 5.41) is 3.79. The van der Waals surface area contributed by atoms with Crippen molar-refractivity contribution in [3.63, 3.8) is 0 Å². The topological polar surface area (TPSA) is 137 Å². The number of ether oxygens (including phenoxy) is 3. The predicted molar refractivity (Wildman–Crippen MR) is 192 cm³/mol. The molecule has 6 rings (SSSR count). The van der Waals surface area contributed by atoms with Crippen LogP contribution in [0, 0.1) is 23.7 Å². The van der Waals surface area contributed by atoms with Crippen LogP contribution in [-0.2, 0) is 23.8 Å². The molecule has 2 aromatic rings. The lowest BCUT2D eigenvalue weighted by atomic mass is 9.75. The van der Waals surface area contributed by atoms with Crippen LogP contribution in [0.1, 0.15) is 88.6 Å². The van der Waals surface area contributed by atoms with Gasteiger partial charge in [0.05, 0.1) is 24.9 Å². The smallest absolute Gasteiger partial charge is 0.374 e. The van der Waals surface area contributed by atoms with Gasteiger partial charge >= 0.3 is 5.97 Å². The lowest BCUT2D eigenvalue weighted by Gasteiger charge is -2.37. The summed E-state index contributed by atoms with van der Waals surface area (Å²) in [4.78, 5) is 45.3. The zero-order chi connectivity index (χ0) is 36.1. The van der Waals surface area contributed by atoms with Crippen LogP contribution in [0.15, 0.2) is 28.7 Å². The monoisotopic (exact) mass is 712 g/mol. The summed E-state index contributed by atoms with van der Waals surface area (Å²) in [7, 11) is 1.75. The number of esters is 1. The second kappa shape index (κ2) is 17.2. The molecule has 2 amide bonds. The van der Waals surface area contributed by atoms with Crippen molar-refractivity contribution in [3.8, 4) is 0 Å². The number of benzene rings is 1. The molecular formula is C39H57FN4O7. The number of hydrogen-bond acceptors (Lipinski definition) is 9. The zero-order valence-electron chi connectivity index (χ0n) is 30.5. The molecule has 11 nitrogen and oxygen atoms in total. The van der Waals surface area contributed by atoms with E-state index in [1.165, 1.54) is 0 Å². The Labute approximate surface area is 301 Å². The van der Waals surface area contributed by atoms with Crippen molar-refractivity contribution < 1.29 is 37.4 Å². The Balaban J connectivity index is 1.09. The normalized spacial score (nSPS) is 31.0. The molecule has 282 valence electrons. The van der Waals surface area contributed by atoms with Crippen molar-refractivity contribution >= 4 is 34.4 Å². The number of methoxy groups -OCH3 is 1. The van der Waals surface area contributed by atoms with E-state index in [1.54, 1.807) is 31.4 Å². The number of carbonyl (C=O) groups excluding carboxylic acids is 3. The van der Waals surface area contributed by atoms with E-state index >= 15 is 0 Å².